The molecule has 1 unspecified atom stereocenters. The van der Waals surface area contributed by atoms with Crippen LogP contribution in [0.3, 0.4) is 0 Å². The van der Waals surface area contributed by atoms with Gasteiger partial charge in [-0.15, -0.1) is 5.10 Å². The minimum atomic E-state index is -0.0855. The van der Waals surface area contributed by atoms with E-state index in [1.165, 1.54) is 0 Å². The first kappa shape index (κ1) is 11.3. The molecule has 1 N–H and O–H groups in total. The number of fused-ring (bicyclic) bond motifs is 1. The summed E-state index contributed by atoms with van der Waals surface area (Å²) in [6.45, 7) is 4.98. The van der Waals surface area contributed by atoms with E-state index in [0.29, 0.717) is 11.7 Å². The van der Waals surface area contributed by atoms with Gasteiger partial charge in [-0.25, -0.2) is 0 Å². The fraction of sp³-hybridized carbons (Fsp3) is 0.636. The maximum atomic E-state index is 5.70. The zero-order valence-corrected chi connectivity index (χ0v) is 10.5. The van der Waals surface area contributed by atoms with Crippen molar-refractivity contribution < 1.29 is 4.74 Å². The molecule has 0 aromatic carbocycles. The number of nitrogens with zero attached hydrogens (tertiary/aromatic N) is 5. The van der Waals surface area contributed by atoms with Crippen LogP contribution in [0.15, 0.2) is 12.4 Å². The topological polar surface area (TPSA) is 77.2 Å². The van der Waals surface area contributed by atoms with Crippen LogP contribution in [0.2, 0.25) is 0 Å². The summed E-state index contributed by atoms with van der Waals surface area (Å²) in [4.78, 5) is 4.13. The molecule has 7 heteroatoms. The second-order valence-electron chi connectivity index (χ2n) is 5.18. The summed E-state index contributed by atoms with van der Waals surface area (Å²) in [6.07, 6.45) is 5.30. The van der Waals surface area contributed by atoms with E-state index in [0.717, 1.165) is 25.3 Å². The Morgan fingerprint density at radius 1 is 1.44 bits per heavy atom. The molecule has 2 aromatic heterocycles. The van der Waals surface area contributed by atoms with Gasteiger partial charge < -0.3 is 10.1 Å². The van der Waals surface area contributed by atoms with Crippen LogP contribution in [0.25, 0.3) is 5.65 Å². The highest BCUT2D eigenvalue weighted by Crippen LogP contribution is 2.26. The number of rotatable bonds is 2. The van der Waals surface area contributed by atoms with E-state index in [-0.39, 0.29) is 5.60 Å². The Labute approximate surface area is 105 Å². The lowest BCUT2D eigenvalue weighted by molar-refractivity contribution is -0.0553. The summed E-state index contributed by atoms with van der Waals surface area (Å²) >= 11 is 0. The van der Waals surface area contributed by atoms with Gasteiger partial charge in [0.1, 0.15) is 0 Å². The van der Waals surface area contributed by atoms with E-state index in [9.17, 15) is 0 Å². The van der Waals surface area contributed by atoms with Gasteiger partial charge in [0.15, 0.2) is 11.5 Å². The van der Waals surface area contributed by atoms with Crippen molar-refractivity contribution in [1.29, 1.82) is 0 Å². The quantitative estimate of drug-likeness (QED) is 0.850. The van der Waals surface area contributed by atoms with Crippen LogP contribution >= 0.6 is 0 Å². The molecule has 0 amide bonds. The summed E-state index contributed by atoms with van der Waals surface area (Å²) in [6, 6.07) is 0.352. The van der Waals surface area contributed by atoms with E-state index >= 15 is 0 Å². The Kier molecular flexibility index (Phi) is 2.62. The lowest BCUT2D eigenvalue weighted by Crippen LogP contribution is -2.40. The van der Waals surface area contributed by atoms with Crippen molar-refractivity contribution in [3.8, 4) is 0 Å². The first-order valence-electron chi connectivity index (χ1n) is 6.07. The third-order valence-corrected chi connectivity index (χ3v) is 3.16. The van der Waals surface area contributed by atoms with Crippen molar-refractivity contribution in [2.24, 2.45) is 0 Å². The van der Waals surface area contributed by atoms with Crippen LogP contribution in [0.4, 0.5) is 5.82 Å². The molecular formula is C11H16N6O. The monoisotopic (exact) mass is 248 g/mol. The van der Waals surface area contributed by atoms with Crippen molar-refractivity contribution in [3.63, 3.8) is 0 Å². The van der Waals surface area contributed by atoms with Gasteiger partial charge in [0, 0.05) is 12.6 Å². The second-order valence-corrected chi connectivity index (χ2v) is 5.18. The third-order valence-electron chi connectivity index (χ3n) is 3.16. The summed E-state index contributed by atoms with van der Waals surface area (Å²) in [5, 5.41) is 14.9. The zero-order valence-electron chi connectivity index (χ0n) is 10.5. The van der Waals surface area contributed by atoms with Crippen LogP contribution in [0, 0.1) is 0 Å². The molecule has 3 rings (SSSR count). The van der Waals surface area contributed by atoms with Gasteiger partial charge in [-0.05, 0) is 37.1 Å². The fourth-order valence-corrected chi connectivity index (χ4v) is 2.34. The average Bonchev–Trinajstić information content (AvgIpc) is 2.77. The molecule has 2 aromatic rings. The minimum Gasteiger partial charge on any atom is -0.375 e. The van der Waals surface area contributed by atoms with Gasteiger partial charge >= 0.3 is 0 Å². The molecule has 0 spiro atoms. The van der Waals surface area contributed by atoms with Crippen molar-refractivity contribution in [3.05, 3.63) is 12.4 Å². The summed E-state index contributed by atoms with van der Waals surface area (Å²) in [7, 11) is 0. The highest BCUT2D eigenvalue weighted by molar-refractivity contribution is 5.44. The standard InChI is InChI=1S/C11H16N6O/c1-11(2)5-8(3-4-18-11)13-9-6-12-7-10-14-15-16-17(9)10/h6-8,13H,3-5H2,1-2H3. The highest BCUT2D eigenvalue weighted by Gasteiger charge is 2.29. The smallest absolute Gasteiger partial charge is 0.199 e. The maximum Gasteiger partial charge on any atom is 0.199 e. The predicted octanol–water partition coefficient (Wildman–Crippen LogP) is 0.889. The van der Waals surface area contributed by atoms with Crippen molar-refractivity contribution in [2.75, 3.05) is 11.9 Å². The third kappa shape index (κ3) is 2.13. The Bertz CT molecular complexity index is 551. The first-order valence-corrected chi connectivity index (χ1v) is 6.07. The second kappa shape index (κ2) is 4.16. The van der Waals surface area contributed by atoms with E-state index in [1.807, 2.05) is 0 Å². The van der Waals surface area contributed by atoms with Gasteiger partial charge in [-0.1, -0.05) is 0 Å². The summed E-state index contributed by atoms with van der Waals surface area (Å²) in [5.41, 5.74) is 0.559. The summed E-state index contributed by atoms with van der Waals surface area (Å²) in [5.74, 6) is 0.820. The van der Waals surface area contributed by atoms with Gasteiger partial charge in [0.25, 0.3) is 0 Å². The van der Waals surface area contributed by atoms with Gasteiger partial charge in [0.05, 0.1) is 18.0 Å². The molecule has 1 aliphatic heterocycles. The van der Waals surface area contributed by atoms with Gasteiger partial charge in [-0.2, -0.15) is 4.52 Å². The van der Waals surface area contributed by atoms with Crippen LogP contribution in [-0.2, 0) is 4.74 Å². The molecular weight excluding hydrogens is 232 g/mol. The Hall–Kier alpha value is -1.76. The van der Waals surface area contributed by atoms with Crippen LogP contribution in [0.5, 0.6) is 0 Å². The Morgan fingerprint density at radius 3 is 3.17 bits per heavy atom. The number of anilines is 1. The lowest BCUT2D eigenvalue weighted by atomic mass is 9.94. The molecule has 1 saturated heterocycles. The SMILES string of the molecule is CC1(C)CC(Nc2cncc3nnnn23)CCO1. The van der Waals surface area contributed by atoms with Crippen molar-refractivity contribution in [1.82, 2.24) is 25.0 Å². The number of aromatic nitrogens is 5. The van der Waals surface area contributed by atoms with Gasteiger partial charge in [-0.3, -0.25) is 4.98 Å². The molecule has 96 valence electrons. The van der Waals surface area contributed by atoms with E-state index in [1.54, 1.807) is 16.9 Å². The van der Waals surface area contributed by atoms with Crippen LogP contribution in [-0.4, -0.2) is 43.3 Å². The molecule has 3 heterocycles. The number of hydrogen-bond acceptors (Lipinski definition) is 6. The molecule has 0 saturated carbocycles. The predicted molar refractivity (Wildman–Crippen MR) is 65.3 cm³/mol. The minimum absolute atomic E-state index is 0.0855. The Balaban J connectivity index is 1.82. The van der Waals surface area contributed by atoms with Crippen molar-refractivity contribution >= 4 is 11.5 Å². The number of tetrazole rings is 1. The van der Waals surface area contributed by atoms with E-state index in [2.05, 4.69) is 39.7 Å². The molecule has 0 aliphatic carbocycles. The molecule has 18 heavy (non-hydrogen) atoms. The average molecular weight is 248 g/mol. The molecule has 7 nitrogen and oxygen atoms in total. The molecule has 1 aliphatic rings. The van der Waals surface area contributed by atoms with Crippen LogP contribution in [0.1, 0.15) is 26.7 Å². The number of ether oxygens (including phenoxy) is 1. The number of nitrogens with one attached hydrogen (secondary N) is 1. The molecule has 0 bridgehead atoms. The van der Waals surface area contributed by atoms with Crippen LogP contribution < -0.4 is 5.32 Å². The van der Waals surface area contributed by atoms with Crippen molar-refractivity contribution in [2.45, 2.75) is 38.3 Å². The van der Waals surface area contributed by atoms with E-state index in [4.69, 9.17) is 4.74 Å². The lowest BCUT2D eigenvalue weighted by Gasteiger charge is -2.36. The number of hydrogen-bond donors (Lipinski definition) is 1. The zero-order chi connectivity index (χ0) is 12.6. The summed E-state index contributed by atoms with van der Waals surface area (Å²) < 4.78 is 7.37. The Morgan fingerprint density at radius 2 is 2.33 bits per heavy atom. The molecule has 0 radical (unpaired) electrons. The normalized spacial score (nSPS) is 23.1. The van der Waals surface area contributed by atoms with E-state index < -0.39 is 0 Å². The first-order chi connectivity index (χ1) is 8.64. The van der Waals surface area contributed by atoms with Gasteiger partial charge in [0.2, 0.25) is 0 Å². The fourth-order valence-electron chi connectivity index (χ4n) is 2.34. The molecule has 1 fully saturated rings. The largest absolute Gasteiger partial charge is 0.375 e. The maximum absolute atomic E-state index is 5.70. The molecule has 1 atom stereocenters. The highest BCUT2D eigenvalue weighted by atomic mass is 16.5.